The molecule has 0 N–H and O–H groups in total. The monoisotopic (exact) mass is 1620 g/mol. The summed E-state index contributed by atoms with van der Waals surface area (Å²) < 4.78 is 0. The summed E-state index contributed by atoms with van der Waals surface area (Å²) in [6.45, 7) is 0. The molecule has 0 spiro atoms. The molecule has 0 aliphatic rings. The molecule has 0 aliphatic heterocycles. The molecule has 4 heteroatoms. The van der Waals surface area contributed by atoms with Crippen molar-refractivity contribution in [1.29, 1.82) is 0 Å². The van der Waals surface area contributed by atoms with E-state index in [2.05, 4.69) is 505 Å². The molecule has 0 heterocycles. The Hall–Kier alpha value is -16.9. The second kappa shape index (κ2) is 30.5. The SMILES string of the molecule is c1ccc(-c2c3c4cccc5c(N(c6ccccc6)c6ccccc6)ccc(c3c(-c3ccccc3)c3c6ccc(N(c7ccccc7)c7ccccc7)c7cccc(c23)c76)c54)cc1.c1ccc(-c2c3c4cccc5c(N(c6ccccc6)c6ccccc6)ccc(c3c(-c3ccccc3)c3c6cccc7c(N(c8ccccc8)c8ccccc8)ccc(c23)c76)c54)cc1. The topological polar surface area (TPSA) is 13.0 Å². The minimum absolute atomic E-state index is 1.13. The highest BCUT2D eigenvalue weighted by Crippen LogP contribution is 2.61. The fourth-order valence-corrected chi connectivity index (χ4v) is 21.6. The maximum Gasteiger partial charge on any atom is 0.0540 e. The van der Waals surface area contributed by atoms with E-state index in [1.165, 1.54) is 174 Å². The summed E-state index contributed by atoms with van der Waals surface area (Å²) >= 11 is 0. The lowest BCUT2D eigenvalue weighted by Crippen LogP contribution is -2.10. The summed E-state index contributed by atoms with van der Waals surface area (Å²) in [7, 11) is 0. The third kappa shape index (κ3) is 11.6. The summed E-state index contributed by atoms with van der Waals surface area (Å²) in [5.74, 6) is 0. The lowest BCUT2D eigenvalue weighted by molar-refractivity contribution is 1.30. The van der Waals surface area contributed by atoms with Gasteiger partial charge in [-0.2, -0.15) is 0 Å². The summed E-state index contributed by atoms with van der Waals surface area (Å²) in [6, 6.07) is 177. The normalized spacial score (nSPS) is 11.8. The van der Waals surface area contributed by atoms with Crippen LogP contribution in [-0.4, -0.2) is 0 Å². The van der Waals surface area contributed by atoms with Gasteiger partial charge in [0.1, 0.15) is 0 Å². The quantitative estimate of drug-likeness (QED) is 0.0956. The fraction of sp³-hybridized carbons (Fsp3) is 0. The van der Waals surface area contributed by atoms with Gasteiger partial charge in [-0.15, -0.1) is 0 Å². The number of benzene rings is 22. The van der Waals surface area contributed by atoms with Gasteiger partial charge in [0.05, 0.1) is 22.7 Å². The molecule has 4 nitrogen and oxygen atoms in total. The lowest BCUT2D eigenvalue weighted by atomic mass is 9.87. The highest BCUT2D eigenvalue weighted by molar-refractivity contribution is 6.50. The second-order valence-electron chi connectivity index (χ2n) is 33.4. The van der Waals surface area contributed by atoms with Crippen LogP contribution in [0.2, 0.25) is 0 Å². The van der Waals surface area contributed by atoms with Crippen molar-refractivity contribution in [3.63, 3.8) is 0 Å². The van der Waals surface area contributed by atoms with E-state index >= 15 is 0 Å². The van der Waals surface area contributed by atoms with E-state index in [1.807, 2.05) is 0 Å². The van der Waals surface area contributed by atoms with E-state index in [9.17, 15) is 0 Å². The van der Waals surface area contributed by atoms with Crippen molar-refractivity contribution in [2.24, 2.45) is 0 Å². The van der Waals surface area contributed by atoms with E-state index in [1.54, 1.807) is 0 Å². The fourth-order valence-electron chi connectivity index (χ4n) is 21.6. The zero-order valence-corrected chi connectivity index (χ0v) is 70.0. The van der Waals surface area contributed by atoms with Gasteiger partial charge in [0, 0.05) is 67.0 Å². The molecule has 0 fully saturated rings. The summed E-state index contributed by atoms with van der Waals surface area (Å²) in [5, 5.41) is 30.6. The molecule has 26 aromatic carbocycles. The average molecular weight is 1630 g/mol. The highest BCUT2D eigenvalue weighted by Gasteiger charge is 2.34. The largest absolute Gasteiger partial charge is 0.310 e. The Morgan fingerprint density at radius 3 is 0.383 bits per heavy atom. The lowest BCUT2D eigenvalue weighted by Gasteiger charge is -2.27. The van der Waals surface area contributed by atoms with Crippen molar-refractivity contribution >= 4 is 198 Å². The molecule has 128 heavy (non-hydrogen) atoms. The van der Waals surface area contributed by atoms with E-state index in [4.69, 9.17) is 0 Å². The first-order chi connectivity index (χ1) is 63.7. The predicted octanol–water partition coefficient (Wildman–Crippen LogP) is 35.5. The smallest absolute Gasteiger partial charge is 0.0540 e. The molecule has 0 bridgehead atoms. The minimum Gasteiger partial charge on any atom is -0.310 e. The molecule has 596 valence electrons. The molecule has 0 aromatic heterocycles. The summed E-state index contributed by atoms with van der Waals surface area (Å²) in [6.07, 6.45) is 0. The molecule has 0 radical (unpaired) electrons. The number of para-hydroxylation sites is 8. The van der Waals surface area contributed by atoms with Crippen LogP contribution >= 0.6 is 0 Å². The van der Waals surface area contributed by atoms with Crippen molar-refractivity contribution in [2.75, 3.05) is 19.6 Å². The van der Waals surface area contributed by atoms with Gasteiger partial charge in [-0.1, -0.05) is 364 Å². The zero-order chi connectivity index (χ0) is 84.3. The molecule has 0 aliphatic carbocycles. The molecule has 0 amide bonds. The van der Waals surface area contributed by atoms with Gasteiger partial charge in [-0.05, 0) is 274 Å². The Bertz CT molecular complexity index is 7320. The number of hydrogen-bond donors (Lipinski definition) is 0. The van der Waals surface area contributed by atoms with E-state index < -0.39 is 0 Å². The Morgan fingerprint density at radius 2 is 0.227 bits per heavy atom. The molecule has 0 saturated carbocycles. The Kier molecular flexibility index (Phi) is 17.6. The van der Waals surface area contributed by atoms with Gasteiger partial charge in [-0.3, -0.25) is 0 Å². The number of hydrogen-bond acceptors (Lipinski definition) is 4. The van der Waals surface area contributed by atoms with Gasteiger partial charge in [-0.25, -0.2) is 0 Å². The van der Waals surface area contributed by atoms with Gasteiger partial charge in [0.2, 0.25) is 0 Å². The Balaban J connectivity index is 0.000000139. The predicted molar refractivity (Wildman–Crippen MR) is 548 cm³/mol. The van der Waals surface area contributed by atoms with Crippen LogP contribution in [0.1, 0.15) is 0 Å². The molecular weight excluding hydrogens is 1550 g/mol. The van der Waals surface area contributed by atoms with Crippen LogP contribution in [0.25, 0.3) is 174 Å². The van der Waals surface area contributed by atoms with Crippen molar-refractivity contribution in [3.8, 4) is 44.5 Å². The van der Waals surface area contributed by atoms with Crippen molar-refractivity contribution < 1.29 is 0 Å². The molecular formula is C124H80N4. The molecule has 26 rings (SSSR count). The van der Waals surface area contributed by atoms with Gasteiger partial charge in [0.25, 0.3) is 0 Å². The van der Waals surface area contributed by atoms with Gasteiger partial charge in [0.15, 0.2) is 0 Å². The van der Waals surface area contributed by atoms with E-state index in [0.29, 0.717) is 0 Å². The maximum absolute atomic E-state index is 2.41. The van der Waals surface area contributed by atoms with Crippen molar-refractivity contribution in [3.05, 3.63) is 485 Å². The third-order valence-electron chi connectivity index (χ3n) is 26.6. The number of nitrogens with zero attached hydrogens (tertiary/aromatic N) is 4. The summed E-state index contributed by atoms with van der Waals surface area (Å²) in [5.41, 5.74) is 23.6. The molecule has 0 saturated heterocycles. The highest BCUT2D eigenvalue weighted by atomic mass is 15.2. The number of anilines is 12. The molecule has 0 atom stereocenters. The van der Waals surface area contributed by atoms with Crippen molar-refractivity contribution in [2.45, 2.75) is 0 Å². The number of rotatable bonds is 16. The van der Waals surface area contributed by atoms with Crippen LogP contribution < -0.4 is 19.6 Å². The van der Waals surface area contributed by atoms with Crippen LogP contribution in [0.15, 0.2) is 485 Å². The minimum atomic E-state index is 1.13. The first kappa shape index (κ1) is 73.8. The first-order valence-electron chi connectivity index (χ1n) is 44.2. The zero-order valence-electron chi connectivity index (χ0n) is 70.0. The third-order valence-corrected chi connectivity index (χ3v) is 26.6. The molecule has 0 unspecified atom stereocenters. The van der Waals surface area contributed by atoms with Crippen LogP contribution in [0.4, 0.5) is 68.2 Å². The standard InChI is InChI=1S/2C62H40N2/c1-7-21-41(22-8-1)55-59-49-35-19-33-47-54(64(45-29-15-5-16-30-45)46-31-17-6-18-32-46)40-38-52(57(47)49)62(59)56(42-23-9-2-10-24-42)60-50-36-20-34-48-53(39-37-51(58(48)50)61(55)60)63(43-25-11-3-12-26-43)44-27-13-4-14-28-44;1-7-21-41(22-8-1)55-59-49-35-19-33-47-53(63(43-25-11-3-12-26-43)44-27-13-4-14-28-44)39-37-51(57(47)49)61(59)56(42-23-9-2-10-24-42)62-52-38-40-54(48-34-20-36-50(58(48)52)60(55)62)64(45-29-15-5-16-30-45)46-31-17-6-18-32-46/h2*1-40H. The van der Waals surface area contributed by atoms with Crippen LogP contribution in [-0.2, 0) is 0 Å². The van der Waals surface area contributed by atoms with Crippen LogP contribution in [0.5, 0.6) is 0 Å². The van der Waals surface area contributed by atoms with Crippen LogP contribution in [0.3, 0.4) is 0 Å². The molecule has 26 aromatic rings. The first-order valence-corrected chi connectivity index (χ1v) is 44.2. The van der Waals surface area contributed by atoms with E-state index in [0.717, 1.165) is 68.2 Å². The Morgan fingerprint density at radius 1 is 0.0938 bits per heavy atom. The maximum atomic E-state index is 2.41. The van der Waals surface area contributed by atoms with Crippen molar-refractivity contribution in [1.82, 2.24) is 0 Å². The van der Waals surface area contributed by atoms with Crippen LogP contribution in [0, 0.1) is 0 Å². The van der Waals surface area contributed by atoms with Gasteiger partial charge < -0.3 is 19.6 Å². The average Bonchev–Trinajstić information content (AvgIpc) is 1.51. The van der Waals surface area contributed by atoms with E-state index in [-0.39, 0.29) is 0 Å². The summed E-state index contributed by atoms with van der Waals surface area (Å²) in [4.78, 5) is 9.63. The number of fused-ring (bicyclic) bond motifs is 12. The second-order valence-corrected chi connectivity index (χ2v) is 33.4. The Labute approximate surface area is 741 Å². The van der Waals surface area contributed by atoms with Gasteiger partial charge >= 0.3 is 0 Å².